The van der Waals surface area contributed by atoms with E-state index < -0.39 is 0 Å². The van der Waals surface area contributed by atoms with Gasteiger partial charge in [-0.3, -0.25) is 4.79 Å². The number of benzene rings is 1. The molecule has 0 aliphatic heterocycles. The highest BCUT2D eigenvalue weighted by Gasteiger charge is 1.92. The lowest BCUT2D eigenvalue weighted by molar-refractivity contribution is -0.109. The zero-order valence-corrected chi connectivity index (χ0v) is 9.25. The van der Waals surface area contributed by atoms with Crippen molar-refractivity contribution >= 4 is 23.0 Å². The molecule has 0 fully saturated rings. The summed E-state index contributed by atoms with van der Waals surface area (Å²) in [5.41, 5.74) is 1.63. The van der Waals surface area contributed by atoms with E-state index in [9.17, 15) is 4.79 Å². The lowest BCUT2D eigenvalue weighted by atomic mass is 10.1. The maximum absolute atomic E-state index is 10.6. The molecule has 0 N–H and O–H groups in total. The minimum Gasteiger partial charge on any atom is -0.288 e. The van der Waals surface area contributed by atoms with Crippen LogP contribution in [0.2, 0.25) is 0 Å². The van der Waals surface area contributed by atoms with E-state index in [1.165, 1.54) is 11.8 Å². The van der Waals surface area contributed by atoms with E-state index >= 15 is 0 Å². The van der Waals surface area contributed by atoms with E-state index in [1.54, 1.807) is 13.0 Å². The second-order valence-electron chi connectivity index (χ2n) is 2.94. The van der Waals surface area contributed by atoms with Crippen LogP contribution in [0.15, 0.2) is 30.3 Å². The van der Waals surface area contributed by atoms with Crippen molar-refractivity contribution in [3.05, 3.63) is 41.5 Å². The number of hydrogen-bond donors (Lipinski definition) is 0. The third-order valence-corrected chi connectivity index (χ3v) is 2.47. The van der Waals surface area contributed by atoms with Gasteiger partial charge in [0.1, 0.15) is 0 Å². The van der Waals surface area contributed by atoms with Gasteiger partial charge in [0.15, 0.2) is 5.12 Å². The van der Waals surface area contributed by atoms with Crippen LogP contribution in [-0.4, -0.2) is 10.9 Å². The van der Waals surface area contributed by atoms with Crippen molar-refractivity contribution in [1.29, 1.82) is 5.26 Å². The molecule has 0 radical (unpaired) electrons. The number of rotatable bonds is 3. The molecule has 0 atom stereocenters. The summed E-state index contributed by atoms with van der Waals surface area (Å²) in [5, 5.41) is 8.80. The SMILES string of the molecule is CC(=O)SCC=Cc1cccc(C#N)c1. The smallest absolute Gasteiger partial charge is 0.186 e. The molecular weight excluding hydrogens is 206 g/mol. The van der Waals surface area contributed by atoms with Gasteiger partial charge < -0.3 is 0 Å². The van der Waals surface area contributed by atoms with E-state index in [2.05, 4.69) is 6.07 Å². The minimum absolute atomic E-state index is 0.116. The van der Waals surface area contributed by atoms with Crippen molar-refractivity contribution in [1.82, 2.24) is 0 Å². The lowest BCUT2D eigenvalue weighted by Crippen LogP contribution is -1.82. The van der Waals surface area contributed by atoms with Gasteiger partial charge in [0.2, 0.25) is 0 Å². The lowest BCUT2D eigenvalue weighted by Gasteiger charge is -1.93. The Morgan fingerprint density at radius 2 is 2.40 bits per heavy atom. The van der Waals surface area contributed by atoms with Gasteiger partial charge in [-0.2, -0.15) is 5.26 Å². The molecule has 15 heavy (non-hydrogen) atoms. The molecule has 0 unspecified atom stereocenters. The van der Waals surface area contributed by atoms with Gasteiger partial charge in [-0.25, -0.2) is 0 Å². The van der Waals surface area contributed by atoms with Gasteiger partial charge >= 0.3 is 0 Å². The van der Waals surface area contributed by atoms with Crippen molar-refractivity contribution < 1.29 is 4.79 Å². The van der Waals surface area contributed by atoms with Gasteiger partial charge in [-0.15, -0.1) is 0 Å². The molecule has 0 amide bonds. The zero-order chi connectivity index (χ0) is 11.1. The largest absolute Gasteiger partial charge is 0.288 e. The number of nitrogens with zero attached hydrogens (tertiary/aromatic N) is 1. The van der Waals surface area contributed by atoms with Crippen LogP contribution in [-0.2, 0) is 4.79 Å². The first-order valence-corrected chi connectivity index (χ1v) is 5.51. The number of carbonyl (C=O) groups is 1. The van der Waals surface area contributed by atoms with E-state index in [4.69, 9.17) is 5.26 Å². The first kappa shape index (κ1) is 11.5. The fourth-order valence-corrected chi connectivity index (χ4v) is 1.49. The second kappa shape index (κ2) is 6.05. The minimum atomic E-state index is 0.116. The van der Waals surface area contributed by atoms with Crippen LogP contribution in [0.25, 0.3) is 6.08 Å². The Kier molecular flexibility index (Phi) is 4.65. The maximum atomic E-state index is 10.6. The fourth-order valence-electron chi connectivity index (χ4n) is 1.06. The highest BCUT2D eigenvalue weighted by Crippen LogP contribution is 2.08. The Balaban J connectivity index is 2.57. The predicted octanol–water partition coefficient (Wildman–Crippen LogP) is 2.85. The van der Waals surface area contributed by atoms with Crippen molar-refractivity contribution in [2.24, 2.45) is 0 Å². The Morgan fingerprint density at radius 3 is 3.07 bits per heavy atom. The number of nitriles is 1. The van der Waals surface area contributed by atoms with Crippen LogP contribution in [0, 0.1) is 11.3 Å². The molecule has 0 heterocycles. The molecule has 0 saturated carbocycles. The van der Waals surface area contributed by atoms with Gasteiger partial charge in [0.05, 0.1) is 11.6 Å². The summed E-state index contributed by atoms with van der Waals surface area (Å²) >= 11 is 1.27. The first-order chi connectivity index (χ1) is 7.22. The molecule has 0 spiro atoms. The number of thioether (sulfide) groups is 1. The van der Waals surface area contributed by atoms with Crippen LogP contribution in [0.1, 0.15) is 18.1 Å². The average molecular weight is 217 g/mol. The molecule has 0 aliphatic carbocycles. The Hall–Kier alpha value is -1.53. The van der Waals surface area contributed by atoms with Crippen LogP contribution >= 0.6 is 11.8 Å². The third-order valence-electron chi connectivity index (χ3n) is 1.71. The molecule has 1 aromatic rings. The molecule has 2 nitrogen and oxygen atoms in total. The molecule has 0 aromatic heterocycles. The first-order valence-electron chi connectivity index (χ1n) is 4.52. The summed E-state index contributed by atoms with van der Waals surface area (Å²) in [6.07, 6.45) is 3.83. The third kappa shape index (κ3) is 4.48. The monoisotopic (exact) mass is 217 g/mol. The summed E-state index contributed by atoms with van der Waals surface area (Å²) < 4.78 is 0. The molecule has 0 aliphatic rings. The van der Waals surface area contributed by atoms with Crippen molar-refractivity contribution in [3.63, 3.8) is 0 Å². The summed E-state index contributed by atoms with van der Waals surface area (Å²) in [5.74, 6) is 0.673. The van der Waals surface area contributed by atoms with Gasteiger partial charge in [0.25, 0.3) is 0 Å². The Morgan fingerprint density at radius 1 is 1.60 bits per heavy atom. The van der Waals surface area contributed by atoms with E-state index in [-0.39, 0.29) is 5.12 Å². The average Bonchev–Trinajstić information content (AvgIpc) is 2.24. The Labute approximate surface area is 93.6 Å². The Bertz CT molecular complexity index is 418. The predicted molar refractivity (Wildman–Crippen MR) is 63.3 cm³/mol. The zero-order valence-electron chi connectivity index (χ0n) is 8.43. The maximum Gasteiger partial charge on any atom is 0.186 e. The molecule has 1 rings (SSSR count). The van der Waals surface area contributed by atoms with Crippen LogP contribution in [0.4, 0.5) is 0 Å². The van der Waals surface area contributed by atoms with Crippen LogP contribution in [0.3, 0.4) is 0 Å². The van der Waals surface area contributed by atoms with Crippen molar-refractivity contribution in [3.8, 4) is 6.07 Å². The highest BCUT2D eigenvalue weighted by molar-refractivity contribution is 8.13. The molecule has 0 saturated heterocycles. The van der Waals surface area contributed by atoms with Gasteiger partial charge in [-0.05, 0) is 17.7 Å². The van der Waals surface area contributed by atoms with E-state index in [0.717, 1.165) is 5.56 Å². The number of carbonyl (C=O) groups excluding carboxylic acids is 1. The molecule has 76 valence electrons. The summed E-state index contributed by atoms with van der Waals surface area (Å²) in [6.45, 7) is 1.55. The molecule has 3 heteroatoms. The van der Waals surface area contributed by atoms with Gasteiger partial charge in [0, 0.05) is 12.7 Å². The quantitative estimate of drug-likeness (QED) is 0.781. The molecule has 0 bridgehead atoms. The summed E-state index contributed by atoms with van der Waals surface area (Å²) in [6, 6.07) is 9.43. The van der Waals surface area contributed by atoms with Crippen molar-refractivity contribution in [2.45, 2.75) is 6.92 Å². The topological polar surface area (TPSA) is 40.9 Å². The van der Waals surface area contributed by atoms with Crippen LogP contribution in [0.5, 0.6) is 0 Å². The van der Waals surface area contributed by atoms with Gasteiger partial charge in [-0.1, -0.05) is 36.0 Å². The number of hydrogen-bond acceptors (Lipinski definition) is 3. The molecular formula is C12H11NOS. The van der Waals surface area contributed by atoms with E-state index in [1.807, 2.05) is 30.4 Å². The normalized spacial score (nSPS) is 10.1. The van der Waals surface area contributed by atoms with Crippen molar-refractivity contribution in [2.75, 3.05) is 5.75 Å². The van der Waals surface area contributed by atoms with E-state index in [0.29, 0.717) is 11.3 Å². The summed E-state index contributed by atoms with van der Waals surface area (Å²) in [4.78, 5) is 10.6. The summed E-state index contributed by atoms with van der Waals surface area (Å²) in [7, 11) is 0. The second-order valence-corrected chi connectivity index (χ2v) is 4.14. The standard InChI is InChI=1S/C12H11NOS/c1-10(14)15-7-3-6-11-4-2-5-12(8-11)9-13/h2-6,8H,7H2,1H3. The van der Waals surface area contributed by atoms with Crippen LogP contribution < -0.4 is 0 Å². The highest BCUT2D eigenvalue weighted by atomic mass is 32.2. The fraction of sp³-hybridized carbons (Fsp3) is 0.167. The molecule has 1 aromatic carbocycles.